The average Bonchev–Trinajstić information content (AvgIpc) is 3.10. The molecule has 0 bridgehead atoms. The second kappa shape index (κ2) is 10.7. The molecule has 0 radical (unpaired) electrons. The molecule has 0 saturated carbocycles. The first-order valence-electron chi connectivity index (χ1n) is 10.5. The third-order valence-corrected chi connectivity index (χ3v) is 7.38. The molecule has 1 heterocycles. The van der Waals surface area contributed by atoms with Gasteiger partial charge < -0.3 is 23.3 Å². The van der Waals surface area contributed by atoms with Crippen molar-refractivity contribution in [3.05, 3.63) is 29.8 Å². The molecule has 0 aliphatic carbocycles. The number of hydrogen-bond acceptors (Lipinski definition) is 8. The van der Waals surface area contributed by atoms with Crippen molar-refractivity contribution in [1.29, 1.82) is 0 Å². The largest absolute Gasteiger partial charge is 0.496 e. The van der Waals surface area contributed by atoms with Crippen molar-refractivity contribution in [2.24, 2.45) is 5.92 Å². The van der Waals surface area contributed by atoms with E-state index in [1.165, 1.54) is 19.1 Å². The van der Waals surface area contributed by atoms with E-state index in [1.54, 1.807) is 40.9 Å². The minimum Gasteiger partial charge on any atom is -0.496 e. The Morgan fingerprint density at radius 2 is 1.81 bits per heavy atom. The van der Waals surface area contributed by atoms with E-state index in [0.29, 0.717) is 5.75 Å². The molecule has 1 aliphatic heterocycles. The van der Waals surface area contributed by atoms with Gasteiger partial charge in [0, 0.05) is 25.5 Å². The molecule has 10 heteroatoms. The van der Waals surface area contributed by atoms with Crippen molar-refractivity contribution in [2.45, 2.75) is 45.3 Å². The van der Waals surface area contributed by atoms with Gasteiger partial charge in [0.1, 0.15) is 17.4 Å². The van der Waals surface area contributed by atoms with Crippen molar-refractivity contribution < 1.29 is 37.4 Å². The van der Waals surface area contributed by atoms with Crippen molar-refractivity contribution >= 4 is 19.7 Å². The lowest BCUT2D eigenvalue weighted by Crippen LogP contribution is -2.46. The monoisotopic (exact) mass is 471 g/mol. The van der Waals surface area contributed by atoms with Crippen LogP contribution in [-0.2, 0) is 27.9 Å². The molecule has 1 fully saturated rings. The third-order valence-electron chi connectivity index (χ3n) is 5.30. The first-order valence-corrected chi connectivity index (χ1v) is 12.2. The van der Waals surface area contributed by atoms with E-state index in [9.17, 15) is 14.2 Å². The second-order valence-corrected chi connectivity index (χ2v) is 10.7. The fourth-order valence-electron chi connectivity index (χ4n) is 4.01. The van der Waals surface area contributed by atoms with Gasteiger partial charge >= 0.3 is 19.7 Å². The molecular weight excluding hydrogens is 437 g/mol. The van der Waals surface area contributed by atoms with Gasteiger partial charge in [-0.1, -0.05) is 18.2 Å². The molecule has 1 aliphatic rings. The molecule has 0 aromatic heterocycles. The number of nitrogens with zero attached hydrogens (tertiary/aromatic N) is 1. The predicted octanol–water partition coefficient (Wildman–Crippen LogP) is 4.06. The van der Waals surface area contributed by atoms with Gasteiger partial charge in [-0.15, -0.1) is 0 Å². The molecule has 9 nitrogen and oxygen atoms in total. The van der Waals surface area contributed by atoms with E-state index in [0.717, 1.165) is 5.56 Å². The van der Waals surface area contributed by atoms with Crippen LogP contribution in [0.5, 0.6) is 5.75 Å². The number of likely N-dealkylation sites (tertiary alicyclic amines) is 1. The molecule has 1 saturated heterocycles. The molecule has 1 aromatic carbocycles. The van der Waals surface area contributed by atoms with E-state index >= 15 is 0 Å². The summed E-state index contributed by atoms with van der Waals surface area (Å²) >= 11 is 0. The minimum atomic E-state index is -3.54. The van der Waals surface area contributed by atoms with Gasteiger partial charge in [0.05, 0.1) is 27.0 Å². The zero-order valence-electron chi connectivity index (χ0n) is 19.8. The highest BCUT2D eigenvalue weighted by molar-refractivity contribution is 7.53. The first-order chi connectivity index (χ1) is 15.0. The Hall–Kier alpha value is -2.09. The summed E-state index contributed by atoms with van der Waals surface area (Å²) in [6.07, 6.45) is -0.738. The van der Waals surface area contributed by atoms with E-state index in [2.05, 4.69) is 0 Å². The lowest BCUT2D eigenvalue weighted by atomic mass is 9.86. The quantitative estimate of drug-likeness (QED) is 0.413. The van der Waals surface area contributed by atoms with Gasteiger partial charge in [0.25, 0.3) is 0 Å². The smallest absolute Gasteiger partial charge is 0.411 e. The molecule has 1 aromatic rings. The fourth-order valence-corrected chi connectivity index (χ4v) is 5.73. The lowest BCUT2D eigenvalue weighted by molar-refractivity contribution is -0.146. The number of ether oxygens (including phenoxy) is 3. The number of esters is 1. The average molecular weight is 471 g/mol. The summed E-state index contributed by atoms with van der Waals surface area (Å²) in [5.74, 6) is -1.05. The number of hydrogen-bond donors (Lipinski definition) is 0. The Balaban J connectivity index is 2.59. The first kappa shape index (κ1) is 26.2. The van der Waals surface area contributed by atoms with Crippen molar-refractivity contribution in [3.8, 4) is 5.75 Å². The topological polar surface area (TPSA) is 101 Å². The normalized spacial score (nSPS) is 22.8. The molecule has 0 N–H and O–H groups in total. The van der Waals surface area contributed by atoms with Crippen LogP contribution < -0.4 is 4.74 Å². The van der Waals surface area contributed by atoms with Crippen LogP contribution in [-0.4, -0.2) is 69.2 Å². The maximum absolute atomic E-state index is 13.3. The number of carbonyl (C=O) groups is 2. The molecule has 0 spiro atoms. The van der Waals surface area contributed by atoms with Crippen LogP contribution in [0, 0.1) is 5.92 Å². The van der Waals surface area contributed by atoms with E-state index < -0.39 is 43.1 Å². The van der Waals surface area contributed by atoms with Crippen LogP contribution >= 0.6 is 7.60 Å². The molecular formula is C22H34NO8P. The Bertz CT molecular complexity index is 853. The minimum absolute atomic E-state index is 0.0842. The van der Waals surface area contributed by atoms with Crippen molar-refractivity contribution in [1.82, 2.24) is 4.90 Å². The Morgan fingerprint density at radius 3 is 2.34 bits per heavy atom. The fraction of sp³-hybridized carbons (Fsp3) is 0.636. The number of para-hydroxylation sites is 1. The summed E-state index contributed by atoms with van der Waals surface area (Å²) < 4.78 is 40.1. The lowest BCUT2D eigenvalue weighted by Gasteiger charge is -2.30. The van der Waals surface area contributed by atoms with Gasteiger partial charge in [-0.05, 0) is 39.3 Å². The van der Waals surface area contributed by atoms with Gasteiger partial charge in [-0.3, -0.25) is 9.46 Å². The summed E-state index contributed by atoms with van der Waals surface area (Å²) in [6.45, 7) is 7.28. The summed E-state index contributed by atoms with van der Waals surface area (Å²) in [4.78, 5) is 27.3. The van der Waals surface area contributed by atoms with E-state index in [4.69, 9.17) is 23.3 Å². The zero-order valence-corrected chi connectivity index (χ0v) is 20.7. The summed E-state index contributed by atoms with van der Waals surface area (Å²) in [5, 5.41) is 0. The molecule has 1 unspecified atom stereocenters. The summed E-state index contributed by atoms with van der Waals surface area (Å²) in [5.41, 5.74) is 0.0160. The van der Waals surface area contributed by atoms with Gasteiger partial charge in [-0.2, -0.15) is 0 Å². The van der Waals surface area contributed by atoms with Crippen LogP contribution in [0.25, 0.3) is 0 Å². The number of amides is 1. The molecule has 32 heavy (non-hydrogen) atoms. The highest BCUT2D eigenvalue weighted by atomic mass is 31.2. The Labute approximate surface area is 189 Å². The highest BCUT2D eigenvalue weighted by Gasteiger charge is 2.53. The van der Waals surface area contributed by atoms with Crippen LogP contribution in [0.4, 0.5) is 4.79 Å². The van der Waals surface area contributed by atoms with Crippen LogP contribution in [0.1, 0.15) is 39.2 Å². The Kier molecular flexibility index (Phi) is 8.74. The SMILES string of the molecule is CCOP(=O)(C[C@@H]1[C@@H](c2ccccc2OC)CN(C(=O)OC(C)(C)C)[C@@H]1C(=O)OC)OC. The van der Waals surface area contributed by atoms with Gasteiger partial charge in [-0.25, -0.2) is 9.59 Å². The maximum Gasteiger partial charge on any atom is 0.411 e. The number of benzene rings is 1. The summed E-state index contributed by atoms with van der Waals surface area (Å²) in [7, 11) is 0.564. The van der Waals surface area contributed by atoms with Gasteiger partial charge in [0.2, 0.25) is 0 Å². The van der Waals surface area contributed by atoms with Gasteiger partial charge in [0.15, 0.2) is 0 Å². The molecule has 1 amide bonds. The van der Waals surface area contributed by atoms with Crippen molar-refractivity contribution in [3.63, 3.8) is 0 Å². The second-order valence-electron chi connectivity index (χ2n) is 8.51. The van der Waals surface area contributed by atoms with E-state index in [1.807, 2.05) is 18.2 Å². The van der Waals surface area contributed by atoms with Crippen LogP contribution in [0.3, 0.4) is 0 Å². The molecule has 2 rings (SSSR count). The van der Waals surface area contributed by atoms with E-state index in [-0.39, 0.29) is 19.3 Å². The predicted molar refractivity (Wildman–Crippen MR) is 119 cm³/mol. The van der Waals surface area contributed by atoms with Crippen molar-refractivity contribution in [2.75, 3.05) is 40.6 Å². The maximum atomic E-state index is 13.3. The van der Waals surface area contributed by atoms with Crippen LogP contribution in [0.15, 0.2) is 24.3 Å². The third kappa shape index (κ3) is 6.03. The zero-order chi connectivity index (χ0) is 24.1. The summed E-state index contributed by atoms with van der Waals surface area (Å²) in [6, 6.07) is 6.30. The van der Waals surface area contributed by atoms with Crippen LogP contribution in [0.2, 0.25) is 0 Å². The highest BCUT2D eigenvalue weighted by Crippen LogP contribution is 2.54. The molecule has 180 valence electrons. The number of carbonyl (C=O) groups excluding carboxylic acids is 2. The number of methoxy groups -OCH3 is 2. The number of rotatable bonds is 8. The molecule has 4 atom stereocenters. The standard InChI is InChI=1S/C22H34NO8P/c1-8-30-32(26,29-7)14-17-16(15-11-9-10-12-18(15)27-5)13-23(19(17)20(24)28-6)21(25)31-22(2,3)4/h9-12,16-17,19H,8,13-14H2,1-7H3/t16-,17-,19+,32?/m1/s1. The Morgan fingerprint density at radius 1 is 1.16 bits per heavy atom.